The molecule has 0 N–H and O–H groups in total. The fourth-order valence-corrected chi connectivity index (χ4v) is 4.34. The van der Waals surface area contributed by atoms with Crippen molar-refractivity contribution in [2.75, 3.05) is 7.11 Å². The molecule has 0 saturated carbocycles. The second kappa shape index (κ2) is 9.89. The Morgan fingerprint density at radius 3 is 2.62 bits per heavy atom. The number of ether oxygens (including phenoxy) is 2. The zero-order valence-electron chi connectivity index (χ0n) is 17.6. The molecule has 0 atom stereocenters. The number of amides is 1. The first kappa shape index (κ1) is 23.2. The number of non-ortho nitro benzene ring substituents is 1. The molecule has 1 aliphatic rings. The minimum Gasteiger partial charge on any atom is -0.493 e. The Hall–Kier alpha value is -3.96. The number of thioether (sulfide) groups is 1. The van der Waals surface area contributed by atoms with Crippen molar-refractivity contribution in [1.82, 2.24) is 4.90 Å². The van der Waals surface area contributed by atoms with Crippen LogP contribution >= 0.6 is 24.0 Å². The van der Waals surface area contributed by atoms with Crippen LogP contribution in [0.4, 0.5) is 5.69 Å². The van der Waals surface area contributed by atoms with Gasteiger partial charge in [-0.2, -0.15) is 0 Å². The van der Waals surface area contributed by atoms with Gasteiger partial charge in [0, 0.05) is 12.1 Å². The van der Waals surface area contributed by atoms with Gasteiger partial charge in [0.15, 0.2) is 11.5 Å². The molecule has 9 nitrogen and oxygen atoms in total. The molecular formula is C23H16N2O7S2. The first-order valence-corrected chi connectivity index (χ1v) is 11.0. The van der Waals surface area contributed by atoms with E-state index in [4.69, 9.17) is 26.1 Å². The first-order valence-electron chi connectivity index (χ1n) is 9.78. The van der Waals surface area contributed by atoms with Gasteiger partial charge in [-0.25, -0.2) is 4.79 Å². The smallest absolute Gasteiger partial charge is 0.343 e. The number of furan rings is 1. The molecule has 1 amide bonds. The van der Waals surface area contributed by atoms with Gasteiger partial charge in [-0.1, -0.05) is 30.0 Å². The molecule has 34 heavy (non-hydrogen) atoms. The Morgan fingerprint density at radius 1 is 1.21 bits per heavy atom. The molecule has 0 radical (unpaired) electrons. The molecule has 11 heteroatoms. The summed E-state index contributed by atoms with van der Waals surface area (Å²) in [4.78, 5) is 37.4. The molecule has 2 aromatic carbocycles. The van der Waals surface area contributed by atoms with Gasteiger partial charge in [-0.05, 0) is 48.0 Å². The molecule has 1 aromatic heterocycles. The van der Waals surface area contributed by atoms with Crippen molar-refractivity contribution in [3.63, 3.8) is 0 Å². The number of benzene rings is 2. The van der Waals surface area contributed by atoms with Crippen molar-refractivity contribution < 1.29 is 28.4 Å². The Labute approximate surface area is 203 Å². The highest BCUT2D eigenvalue weighted by Gasteiger charge is 2.32. The Balaban J connectivity index is 1.50. The van der Waals surface area contributed by atoms with E-state index in [-0.39, 0.29) is 35.2 Å². The summed E-state index contributed by atoms with van der Waals surface area (Å²) in [7, 11) is 1.42. The number of nitro benzene ring substituents is 1. The first-order chi connectivity index (χ1) is 16.4. The van der Waals surface area contributed by atoms with Gasteiger partial charge >= 0.3 is 5.97 Å². The molecule has 172 valence electrons. The Morgan fingerprint density at radius 2 is 1.97 bits per heavy atom. The van der Waals surface area contributed by atoms with Crippen LogP contribution in [-0.4, -0.2) is 33.1 Å². The van der Waals surface area contributed by atoms with E-state index in [0.717, 1.165) is 0 Å². The zero-order chi connectivity index (χ0) is 24.2. The number of thiocarbonyl (C=S) groups is 1. The van der Waals surface area contributed by atoms with Gasteiger partial charge in [0.05, 0.1) is 35.3 Å². The third-order valence-corrected chi connectivity index (χ3v) is 6.15. The molecule has 1 fully saturated rings. The molecule has 0 unspecified atom stereocenters. The highest BCUT2D eigenvalue weighted by atomic mass is 32.2. The zero-order valence-corrected chi connectivity index (χ0v) is 19.3. The van der Waals surface area contributed by atoms with Gasteiger partial charge in [-0.3, -0.25) is 19.8 Å². The Bertz CT molecular complexity index is 1300. The third-order valence-electron chi connectivity index (χ3n) is 4.77. The molecule has 3 aromatic rings. The van der Waals surface area contributed by atoms with E-state index < -0.39 is 10.9 Å². The highest BCUT2D eigenvalue weighted by molar-refractivity contribution is 8.26. The molecular weight excluding hydrogens is 480 g/mol. The number of hydrogen-bond donors (Lipinski definition) is 0. The van der Waals surface area contributed by atoms with Crippen LogP contribution in [0.5, 0.6) is 11.5 Å². The molecule has 1 aliphatic heterocycles. The maximum absolute atomic E-state index is 12.8. The molecule has 2 heterocycles. The van der Waals surface area contributed by atoms with E-state index >= 15 is 0 Å². The standard InChI is InChI=1S/C23H16N2O7S2/c1-30-19-11-14(12-20-21(26)24(23(33)34-20)13-17-3-2-10-31-17)4-9-18(19)32-22(27)15-5-7-16(8-6-15)25(28)29/h2-12H,13H2,1H3. The predicted molar refractivity (Wildman–Crippen MR) is 128 cm³/mol. The minimum atomic E-state index is -0.695. The summed E-state index contributed by atoms with van der Waals surface area (Å²) in [6.45, 7) is 0.246. The lowest BCUT2D eigenvalue weighted by atomic mass is 10.1. The van der Waals surface area contributed by atoms with Crippen LogP contribution in [0.25, 0.3) is 6.08 Å². The van der Waals surface area contributed by atoms with Gasteiger partial charge in [0.1, 0.15) is 10.1 Å². The van der Waals surface area contributed by atoms with Crippen LogP contribution in [0.1, 0.15) is 21.7 Å². The molecule has 1 saturated heterocycles. The van der Waals surface area contributed by atoms with Crippen molar-refractivity contribution in [1.29, 1.82) is 0 Å². The summed E-state index contributed by atoms with van der Waals surface area (Å²) in [6, 6.07) is 13.4. The van der Waals surface area contributed by atoms with Crippen molar-refractivity contribution in [2.45, 2.75) is 6.54 Å². The topological polar surface area (TPSA) is 112 Å². The average molecular weight is 497 g/mol. The molecule has 0 bridgehead atoms. The largest absolute Gasteiger partial charge is 0.493 e. The number of rotatable bonds is 7. The van der Waals surface area contributed by atoms with E-state index in [1.807, 2.05) is 0 Å². The molecule has 4 rings (SSSR count). The monoisotopic (exact) mass is 496 g/mol. The van der Waals surface area contributed by atoms with Crippen LogP contribution in [-0.2, 0) is 11.3 Å². The second-order valence-electron chi connectivity index (χ2n) is 6.95. The maximum Gasteiger partial charge on any atom is 0.343 e. The number of hydrogen-bond acceptors (Lipinski definition) is 9. The van der Waals surface area contributed by atoms with Crippen molar-refractivity contribution >= 4 is 51.9 Å². The van der Waals surface area contributed by atoms with E-state index in [0.29, 0.717) is 20.5 Å². The van der Waals surface area contributed by atoms with E-state index in [9.17, 15) is 19.7 Å². The van der Waals surface area contributed by atoms with Crippen LogP contribution in [0.15, 0.2) is 70.2 Å². The van der Waals surface area contributed by atoms with Crippen LogP contribution < -0.4 is 9.47 Å². The summed E-state index contributed by atoms with van der Waals surface area (Å²) in [5, 5.41) is 10.8. The lowest BCUT2D eigenvalue weighted by Gasteiger charge is -2.12. The summed E-state index contributed by atoms with van der Waals surface area (Å²) >= 11 is 6.52. The quantitative estimate of drug-likeness (QED) is 0.113. The summed E-state index contributed by atoms with van der Waals surface area (Å²) in [5.74, 6) is 0.126. The van der Waals surface area contributed by atoms with E-state index in [1.165, 1.54) is 60.4 Å². The second-order valence-corrected chi connectivity index (χ2v) is 8.63. The van der Waals surface area contributed by atoms with Gasteiger partial charge in [0.2, 0.25) is 0 Å². The number of esters is 1. The fourth-order valence-electron chi connectivity index (χ4n) is 3.08. The van der Waals surface area contributed by atoms with Crippen molar-refractivity contribution in [3.05, 3.63) is 92.8 Å². The molecule has 0 aliphatic carbocycles. The van der Waals surface area contributed by atoms with Crippen molar-refractivity contribution in [3.8, 4) is 11.5 Å². The normalized spacial score (nSPS) is 14.5. The van der Waals surface area contributed by atoms with Crippen LogP contribution in [0.3, 0.4) is 0 Å². The average Bonchev–Trinajstić information content (AvgIpc) is 3.44. The number of nitro groups is 1. The lowest BCUT2D eigenvalue weighted by Crippen LogP contribution is -2.27. The number of methoxy groups -OCH3 is 1. The van der Waals surface area contributed by atoms with Crippen molar-refractivity contribution in [2.24, 2.45) is 0 Å². The van der Waals surface area contributed by atoms with Gasteiger partial charge in [0.25, 0.3) is 11.6 Å². The Kier molecular flexibility index (Phi) is 6.75. The van der Waals surface area contributed by atoms with E-state index in [1.54, 1.807) is 30.3 Å². The number of nitrogens with zero attached hydrogens (tertiary/aromatic N) is 2. The van der Waals surface area contributed by atoms with Gasteiger partial charge in [-0.15, -0.1) is 0 Å². The number of carbonyl (C=O) groups is 2. The van der Waals surface area contributed by atoms with Gasteiger partial charge < -0.3 is 13.9 Å². The predicted octanol–water partition coefficient (Wildman–Crippen LogP) is 4.82. The van der Waals surface area contributed by atoms with Crippen LogP contribution in [0.2, 0.25) is 0 Å². The highest BCUT2D eigenvalue weighted by Crippen LogP contribution is 2.35. The minimum absolute atomic E-state index is 0.131. The maximum atomic E-state index is 12.8. The van der Waals surface area contributed by atoms with Crippen LogP contribution in [0, 0.1) is 10.1 Å². The number of carbonyl (C=O) groups excluding carboxylic acids is 2. The van der Waals surface area contributed by atoms with E-state index in [2.05, 4.69) is 0 Å². The lowest BCUT2D eigenvalue weighted by molar-refractivity contribution is -0.384. The summed E-state index contributed by atoms with van der Waals surface area (Å²) < 4.78 is 16.5. The molecule has 0 spiro atoms. The summed E-state index contributed by atoms with van der Waals surface area (Å²) in [5.41, 5.74) is 0.663. The SMILES string of the molecule is COc1cc(C=C2SC(=S)N(Cc3ccco3)C2=O)ccc1OC(=O)c1ccc([N+](=O)[O-])cc1. The fraction of sp³-hybridized carbons (Fsp3) is 0.0870. The summed E-state index contributed by atoms with van der Waals surface area (Å²) in [6.07, 6.45) is 3.21. The third kappa shape index (κ3) is 5.00.